The summed E-state index contributed by atoms with van der Waals surface area (Å²) in [6, 6.07) is 6.10. The molecule has 0 radical (unpaired) electrons. The van der Waals surface area contributed by atoms with Crippen molar-refractivity contribution in [2.45, 2.75) is 6.42 Å². The van der Waals surface area contributed by atoms with E-state index in [1.807, 2.05) is 0 Å². The molecule has 92 valence electrons. The van der Waals surface area contributed by atoms with Crippen molar-refractivity contribution in [2.24, 2.45) is 0 Å². The van der Waals surface area contributed by atoms with Crippen LogP contribution in [0.25, 0.3) is 0 Å². The molecule has 0 atom stereocenters. The molecule has 2 rings (SSSR count). The minimum atomic E-state index is -0.739. The number of hydrogen-bond donors (Lipinski definition) is 0. The van der Waals surface area contributed by atoms with Gasteiger partial charge in [0.05, 0.1) is 5.02 Å². The van der Waals surface area contributed by atoms with Gasteiger partial charge in [0.1, 0.15) is 17.3 Å². The summed E-state index contributed by atoms with van der Waals surface area (Å²) >= 11 is 5.64. The molecular weight excluding hydrogens is 260 g/mol. The molecule has 0 saturated carbocycles. The number of pyridine rings is 1. The van der Waals surface area contributed by atoms with Crippen LogP contribution in [-0.4, -0.2) is 10.8 Å². The second kappa shape index (κ2) is 5.23. The molecule has 0 spiro atoms. The van der Waals surface area contributed by atoms with Crippen molar-refractivity contribution in [1.82, 2.24) is 4.98 Å². The number of rotatable bonds is 3. The molecule has 0 saturated heterocycles. The van der Waals surface area contributed by atoms with Gasteiger partial charge in [0.15, 0.2) is 5.78 Å². The van der Waals surface area contributed by atoms with Gasteiger partial charge in [-0.2, -0.15) is 0 Å². The van der Waals surface area contributed by atoms with E-state index in [0.29, 0.717) is 5.02 Å². The molecule has 0 aliphatic rings. The van der Waals surface area contributed by atoms with Crippen molar-refractivity contribution in [1.29, 1.82) is 0 Å². The third-order valence-corrected chi connectivity index (χ3v) is 2.60. The van der Waals surface area contributed by atoms with Gasteiger partial charge in [0.25, 0.3) is 0 Å². The van der Waals surface area contributed by atoms with Gasteiger partial charge < -0.3 is 0 Å². The number of halogens is 3. The van der Waals surface area contributed by atoms with E-state index < -0.39 is 11.6 Å². The highest BCUT2D eigenvalue weighted by molar-refractivity contribution is 6.30. The second-order valence-electron chi connectivity index (χ2n) is 3.70. The van der Waals surface area contributed by atoms with E-state index in [2.05, 4.69) is 4.98 Å². The normalized spacial score (nSPS) is 10.4. The maximum atomic E-state index is 13.4. The van der Waals surface area contributed by atoms with Crippen LogP contribution < -0.4 is 0 Å². The zero-order chi connectivity index (χ0) is 13.1. The van der Waals surface area contributed by atoms with Gasteiger partial charge in [-0.3, -0.25) is 9.78 Å². The molecule has 0 unspecified atom stereocenters. The summed E-state index contributed by atoms with van der Waals surface area (Å²) in [5, 5.41) is 0.416. The summed E-state index contributed by atoms with van der Waals surface area (Å²) in [6.45, 7) is 0. The number of ketones is 1. The van der Waals surface area contributed by atoms with Crippen LogP contribution in [0.5, 0.6) is 0 Å². The standard InChI is InChI=1S/C13H8ClF2NO/c14-9-2-4-12(17-7-9)13(18)5-8-1-3-10(15)6-11(8)16/h1-4,6-7H,5H2. The average molecular weight is 268 g/mol. The predicted octanol–water partition coefficient (Wildman–Crippen LogP) is 3.44. The molecule has 0 bridgehead atoms. The zero-order valence-electron chi connectivity index (χ0n) is 9.16. The summed E-state index contributed by atoms with van der Waals surface area (Å²) in [5.41, 5.74) is 0.335. The van der Waals surface area contributed by atoms with Crippen LogP contribution in [0.3, 0.4) is 0 Å². The highest BCUT2D eigenvalue weighted by Gasteiger charge is 2.12. The Balaban J connectivity index is 2.18. The number of hydrogen-bond acceptors (Lipinski definition) is 2. The summed E-state index contributed by atoms with van der Waals surface area (Å²) in [7, 11) is 0. The number of carbonyl (C=O) groups excluding carboxylic acids is 1. The number of carbonyl (C=O) groups is 1. The van der Waals surface area contributed by atoms with E-state index in [0.717, 1.165) is 12.1 Å². The monoisotopic (exact) mass is 267 g/mol. The lowest BCUT2D eigenvalue weighted by molar-refractivity contribution is 0.0987. The second-order valence-corrected chi connectivity index (χ2v) is 4.13. The van der Waals surface area contributed by atoms with E-state index in [1.165, 1.54) is 24.4 Å². The Morgan fingerprint density at radius 2 is 2.00 bits per heavy atom. The minimum absolute atomic E-state index is 0.137. The van der Waals surface area contributed by atoms with Crippen molar-refractivity contribution in [3.63, 3.8) is 0 Å². The smallest absolute Gasteiger partial charge is 0.185 e. The first-order chi connectivity index (χ1) is 8.56. The van der Waals surface area contributed by atoms with Gasteiger partial charge in [0.2, 0.25) is 0 Å². The molecule has 0 N–H and O–H groups in total. The van der Waals surface area contributed by atoms with Crippen molar-refractivity contribution < 1.29 is 13.6 Å². The number of nitrogens with zero attached hydrogens (tertiary/aromatic N) is 1. The quantitative estimate of drug-likeness (QED) is 0.798. The first kappa shape index (κ1) is 12.6. The van der Waals surface area contributed by atoms with Crippen LogP contribution in [0.2, 0.25) is 5.02 Å². The van der Waals surface area contributed by atoms with Crippen molar-refractivity contribution in [3.8, 4) is 0 Å². The maximum absolute atomic E-state index is 13.4. The van der Waals surface area contributed by atoms with Gasteiger partial charge in [-0.15, -0.1) is 0 Å². The van der Waals surface area contributed by atoms with E-state index in [4.69, 9.17) is 11.6 Å². The molecule has 5 heteroatoms. The average Bonchev–Trinajstić information content (AvgIpc) is 2.33. The number of Topliss-reactive ketones (excluding diaryl/α,β-unsaturated/α-hetero) is 1. The molecule has 0 aliphatic carbocycles. The highest BCUT2D eigenvalue weighted by atomic mass is 35.5. The predicted molar refractivity (Wildman–Crippen MR) is 63.6 cm³/mol. The lowest BCUT2D eigenvalue weighted by Crippen LogP contribution is -2.07. The molecular formula is C13H8ClF2NO. The van der Waals surface area contributed by atoms with Gasteiger partial charge >= 0.3 is 0 Å². The first-order valence-electron chi connectivity index (χ1n) is 5.15. The lowest BCUT2D eigenvalue weighted by Gasteiger charge is -2.02. The van der Waals surface area contributed by atoms with Crippen molar-refractivity contribution in [3.05, 3.63) is 64.4 Å². The Kier molecular flexibility index (Phi) is 3.67. The van der Waals surface area contributed by atoms with Crippen LogP contribution in [0.15, 0.2) is 36.5 Å². The van der Waals surface area contributed by atoms with Crippen molar-refractivity contribution in [2.75, 3.05) is 0 Å². The first-order valence-corrected chi connectivity index (χ1v) is 5.53. The summed E-state index contributed by atoms with van der Waals surface area (Å²) in [6.07, 6.45) is 1.18. The van der Waals surface area contributed by atoms with E-state index in [1.54, 1.807) is 0 Å². The molecule has 2 aromatic rings. The lowest BCUT2D eigenvalue weighted by atomic mass is 10.1. The van der Waals surface area contributed by atoms with Gasteiger partial charge in [0, 0.05) is 18.7 Å². The van der Waals surface area contributed by atoms with Crippen LogP contribution in [0.4, 0.5) is 8.78 Å². The largest absolute Gasteiger partial charge is 0.292 e. The maximum Gasteiger partial charge on any atom is 0.185 e. The molecule has 0 fully saturated rings. The van der Waals surface area contributed by atoms with E-state index in [9.17, 15) is 13.6 Å². The highest BCUT2D eigenvalue weighted by Crippen LogP contribution is 2.13. The van der Waals surface area contributed by atoms with Crippen LogP contribution in [-0.2, 0) is 6.42 Å². The molecule has 1 heterocycles. The Labute approximate surface area is 107 Å². The SMILES string of the molecule is O=C(Cc1ccc(F)cc1F)c1ccc(Cl)cn1. The summed E-state index contributed by atoms with van der Waals surface area (Å²) < 4.78 is 26.1. The molecule has 1 aromatic heterocycles. The number of aromatic nitrogens is 1. The molecule has 2 nitrogen and oxygen atoms in total. The molecule has 0 aliphatic heterocycles. The van der Waals surface area contributed by atoms with Gasteiger partial charge in [-0.25, -0.2) is 8.78 Å². The Morgan fingerprint density at radius 3 is 2.61 bits per heavy atom. The fraction of sp³-hybridized carbons (Fsp3) is 0.0769. The molecule has 0 amide bonds. The van der Waals surface area contributed by atoms with Crippen LogP contribution in [0, 0.1) is 11.6 Å². The zero-order valence-corrected chi connectivity index (χ0v) is 9.92. The van der Waals surface area contributed by atoms with Gasteiger partial charge in [-0.1, -0.05) is 17.7 Å². The van der Waals surface area contributed by atoms with E-state index >= 15 is 0 Å². The van der Waals surface area contributed by atoms with Gasteiger partial charge in [-0.05, 0) is 23.8 Å². The van der Waals surface area contributed by atoms with E-state index in [-0.39, 0.29) is 23.5 Å². The summed E-state index contributed by atoms with van der Waals surface area (Å²) in [4.78, 5) is 15.6. The third kappa shape index (κ3) is 2.90. The summed E-state index contributed by atoms with van der Waals surface area (Å²) in [5.74, 6) is -1.76. The Hall–Kier alpha value is -1.81. The fourth-order valence-electron chi connectivity index (χ4n) is 1.47. The minimum Gasteiger partial charge on any atom is -0.292 e. The fourth-order valence-corrected chi connectivity index (χ4v) is 1.58. The number of benzene rings is 1. The van der Waals surface area contributed by atoms with Crippen LogP contribution in [0.1, 0.15) is 16.1 Å². The molecule has 18 heavy (non-hydrogen) atoms. The molecule has 1 aromatic carbocycles. The Bertz CT molecular complexity index is 584. The Morgan fingerprint density at radius 1 is 1.22 bits per heavy atom. The topological polar surface area (TPSA) is 30.0 Å². The van der Waals surface area contributed by atoms with Crippen LogP contribution >= 0.6 is 11.6 Å². The third-order valence-electron chi connectivity index (χ3n) is 2.38. The van der Waals surface area contributed by atoms with Crippen molar-refractivity contribution >= 4 is 17.4 Å².